The molecule has 2 fully saturated rings. The van der Waals surface area contributed by atoms with Crippen LogP contribution < -0.4 is 20.3 Å². The van der Waals surface area contributed by atoms with E-state index in [9.17, 15) is 9.90 Å². The fourth-order valence-electron chi connectivity index (χ4n) is 4.73. The normalized spacial score (nSPS) is 25.4. The van der Waals surface area contributed by atoms with E-state index in [4.69, 9.17) is 9.47 Å². The lowest BCUT2D eigenvalue weighted by Crippen LogP contribution is -2.41. The Labute approximate surface area is 177 Å². The summed E-state index contributed by atoms with van der Waals surface area (Å²) in [5.41, 5.74) is 8.23. The van der Waals surface area contributed by atoms with E-state index in [-0.39, 0.29) is 35.7 Å². The van der Waals surface area contributed by atoms with E-state index in [0.717, 1.165) is 24.0 Å². The number of benzene rings is 2. The molecule has 2 heterocycles. The maximum atomic E-state index is 13.3. The number of hydrogen-bond donors (Lipinski definition) is 3. The molecule has 30 heavy (non-hydrogen) atoms. The Hall–Kier alpha value is -2.77. The molecule has 3 N–H and O–H groups in total. The smallest absolute Gasteiger partial charge is 0.242 e. The molecule has 1 amide bonds. The van der Waals surface area contributed by atoms with Crippen molar-refractivity contribution in [3.63, 3.8) is 0 Å². The third kappa shape index (κ3) is 3.38. The van der Waals surface area contributed by atoms with Gasteiger partial charge < -0.3 is 19.5 Å². The molecule has 0 radical (unpaired) electrons. The lowest BCUT2D eigenvalue weighted by molar-refractivity contribution is -0.130. The first-order chi connectivity index (χ1) is 14.6. The molecule has 0 bridgehead atoms. The SMILES string of the molecule is CCCCN1C(=O)C2NNC(c3ccccc3O)C2C1c1ccc(OC)c(OC)c1. The monoisotopic (exact) mass is 411 g/mol. The average molecular weight is 412 g/mol. The molecular weight excluding hydrogens is 382 g/mol. The van der Waals surface area contributed by atoms with Crippen LogP contribution in [0.2, 0.25) is 0 Å². The number of aromatic hydroxyl groups is 1. The molecule has 2 aliphatic heterocycles. The minimum atomic E-state index is -0.357. The number of hydrazine groups is 1. The number of phenols is 1. The third-order valence-corrected chi connectivity index (χ3v) is 6.19. The fraction of sp³-hybridized carbons (Fsp3) is 0.435. The van der Waals surface area contributed by atoms with Gasteiger partial charge in [-0.05, 0) is 30.2 Å². The van der Waals surface area contributed by atoms with Crippen molar-refractivity contribution in [2.45, 2.75) is 37.9 Å². The molecule has 160 valence electrons. The van der Waals surface area contributed by atoms with Crippen LogP contribution in [0.3, 0.4) is 0 Å². The Balaban J connectivity index is 1.78. The largest absolute Gasteiger partial charge is 0.508 e. The van der Waals surface area contributed by atoms with E-state index in [0.29, 0.717) is 18.0 Å². The minimum absolute atomic E-state index is 0.0821. The molecule has 2 aromatic rings. The van der Waals surface area contributed by atoms with Crippen LogP contribution in [-0.4, -0.2) is 42.7 Å². The van der Waals surface area contributed by atoms with Gasteiger partial charge in [-0.25, -0.2) is 10.9 Å². The molecule has 4 atom stereocenters. The zero-order chi connectivity index (χ0) is 21.3. The number of carbonyl (C=O) groups excluding carboxylic acids is 1. The van der Waals surface area contributed by atoms with Crippen molar-refractivity contribution in [3.05, 3.63) is 53.6 Å². The van der Waals surface area contributed by atoms with Gasteiger partial charge in [-0.15, -0.1) is 0 Å². The number of amides is 1. The van der Waals surface area contributed by atoms with Crippen LogP contribution in [-0.2, 0) is 4.79 Å². The Bertz CT molecular complexity index is 919. The number of rotatable bonds is 7. The van der Waals surface area contributed by atoms with Crippen molar-refractivity contribution < 1.29 is 19.4 Å². The Morgan fingerprint density at radius 1 is 1.03 bits per heavy atom. The van der Waals surface area contributed by atoms with E-state index in [1.54, 1.807) is 26.4 Å². The Kier molecular flexibility index (Phi) is 5.83. The lowest BCUT2D eigenvalue weighted by atomic mass is 9.83. The van der Waals surface area contributed by atoms with Gasteiger partial charge in [0.2, 0.25) is 5.91 Å². The van der Waals surface area contributed by atoms with Crippen molar-refractivity contribution in [3.8, 4) is 17.2 Å². The van der Waals surface area contributed by atoms with E-state index in [1.807, 2.05) is 35.2 Å². The highest BCUT2D eigenvalue weighted by Gasteiger charge is 2.55. The number of likely N-dealkylation sites (tertiary alicyclic amines) is 1. The number of hydrogen-bond acceptors (Lipinski definition) is 6. The zero-order valence-electron chi connectivity index (χ0n) is 17.6. The molecule has 2 aliphatic rings. The first-order valence-electron chi connectivity index (χ1n) is 10.4. The standard InChI is InChI=1S/C23H29N3O4/c1-4-5-12-26-22(14-10-11-17(29-2)18(13-14)30-3)19-20(24-25-21(19)23(26)28)15-8-6-7-9-16(15)27/h6-11,13,19-22,24-25,27H,4-5,12H2,1-3H3. The number of carbonyl (C=O) groups is 1. The second-order valence-corrected chi connectivity index (χ2v) is 7.82. The highest BCUT2D eigenvalue weighted by Crippen LogP contribution is 2.49. The van der Waals surface area contributed by atoms with Crippen molar-refractivity contribution in [2.24, 2.45) is 5.92 Å². The van der Waals surface area contributed by atoms with E-state index >= 15 is 0 Å². The van der Waals surface area contributed by atoms with Crippen LogP contribution in [0.15, 0.2) is 42.5 Å². The number of unbranched alkanes of at least 4 members (excludes halogenated alkanes) is 1. The van der Waals surface area contributed by atoms with Crippen LogP contribution >= 0.6 is 0 Å². The predicted octanol–water partition coefficient (Wildman–Crippen LogP) is 2.93. The lowest BCUT2D eigenvalue weighted by Gasteiger charge is -2.31. The van der Waals surface area contributed by atoms with Gasteiger partial charge in [0.15, 0.2) is 11.5 Å². The summed E-state index contributed by atoms with van der Waals surface area (Å²) in [6.45, 7) is 2.81. The first kappa shape index (κ1) is 20.5. The number of nitrogens with one attached hydrogen (secondary N) is 2. The summed E-state index contributed by atoms with van der Waals surface area (Å²) in [6, 6.07) is 12.4. The molecule has 2 aromatic carbocycles. The molecule has 7 nitrogen and oxygen atoms in total. The maximum absolute atomic E-state index is 13.3. The van der Waals surface area contributed by atoms with Crippen LogP contribution in [0, 0.1) is 5.92 Å². The predicted molar refractivity (Wildman–Crippen MR) is 113 cm³/mol. The van der Waals surface area contributed by atoms with Gasteiger partial charge in [-0.3, -0.25) is 4.79 Å². The van der Waals surface area contributed by atoms with Gasteiger partial charge in [0.1, 0.15) is 11.8 Å². The minimum Gasteiger partial charge on any atom is -0.508 e. The topological polar surface area (TPSA) is 83.1 Å². The molecule has 0 aliphatic carbocycles. The highest BCUT2D eigenvalue weighted by molar-refractivity contribution is 5.86. The van der Waals surface area contributed by atoms with Crippen LogP contribution in [0.25, 0.3) is 0 Å². The van der Waals surface area contributed by atoms with Crippen LogP contribution in [0.5, 0.6) is 17.2 Å². The number of nitrogens with zero attached hydrogens (tertiary/aromatic N) is 1. The van der Waals surface area contributed by atoms with Crippen molar-refractivity contribution >= 4 is 5.91 Å². The van der Waals surface area contributed by atoms with E-state index < -0.39 is 0 Å². The van der Waals surface area contributed by atoms with Crippen molar-refractivity contribution in [1.29, 1.82) is 0 Å². The van der Waals surface area contributed by atoms with E-state index in [2.05, 4.69) is 17.8 Å². The van der Waals surface area contributed by atoms with Gasteiger partial charge in [0.05, 0.1) is 26.3 Å². The fourth-order valence-corrected chi connectivity index (χ4v) is 4.73. The first-order valence-corrected chi connectivity index (χ1v) is 10.4. The van der Waals surface area contributed by atoms with Gasteiger partial charge in [-0.2, -0.15) is 0 Å². The third-order valence-electron chi connectivity index (χ3n) is 6.19. The van der Waals surface area contributed by atoms with Gasteiger partial charge >= 0.3 is 0 Å². The summed E-state index contributed by atoms with van der Waals surface area (Å²) >= 11 is 0. The van der Waals surface area contributed by atoms with Crippen LogP contribution in [0.4, 0.5) is 0 Å². The summed E-state index contributed by atoms with van der Waals surface area (Å²) in [7, 11) is 3.22. The quantitative estimate of drug-likeness (QED) is 0.650. The summed E-state index contributed by atoms with van der Waals surface area (Å²) in [6.07, 6.45) is 1.94. The molecule has 4 unspecified atom stereocenters. The van der Waals surface area contributed by atoms with Crippen molar-refractivity contribution in [2.75, 3.05) is 20.8 Å². The average Bonchev–Trinajstić information content (AvgIpc) is 3.31. The van der Waals surface area contributed by atoms with E-state index in [1.165, 1.54) is 0 Å². The zero-order valence-corrected chi connectivity index (χ0v) is 17.6. The number of ether oxygens (including phenoxy) is 2. The number of phenolic OH excluding ortho intramolecular Hbond substituents is 1. The molecule has 4 rings (SSSR count). The molecular formula is C23H29N3O4. The summed E-state index contributed by atoms with van der Waals surface area (Å²) in [5, 5.41) is 10.5. The molecule has 2 saturated heterocycles. The molecule has 0 aromatic heterocycles. The second-order valence-electron chi connectivity index (χ2n) is 7.82. The number of methoxy groups -OCH3 is 2. The number of fused-ring (bicyclic) bond motifs is 1. The Morgan fingerprint density at radius 2 is 1.77 bits per heavy atom. The van der Waals surface area contributed by atoms with Gasteiger partial charge in [0, 0.05) is 18.0 Å². The molecule has 0 spiro atoms. The summed E-state index contributed by atoms with van der Waals surface area (Å²) in [5.74, 6) is 1.52. The van der Waals surface area contributed by atoms with Gasteiger partial charge in [-0.1, -0.05) is 37.6 Å². The highest BCUT2D eigenvalue weighted by atomic mass is 16.5. The molecule has 0 saturated carbocycles. The van der Waals surface area contributed by atoms with Gasteiger partial charge in [0.25, 0.3) is 0 Å². The van der Waals surface area contributed by atoms with Crippen LogP contribution in [0.1, 0.15) is 43.0 Å². The molecule has 7 heteroatoms. The maximum Gasteiger partial charge on any atom is 0.242 e. The summed E-state index contributed by atoms with van der Waals surface area (Å²) in [4.78, 5) is 15.3. The second kappa shape index (κ2) is 8.53. The summed E-state index contributed by atoms with van der Waals surface area (Å²) < 4.78 is 10.9. The Morgan fingerprint density at radius 3 is 2.47 bits per heavy atom. The van der Waals surface area contributed by atoms with Crippen molar-refractivity contribution in [1.82, 2.24) is 15.8 Å². The number of para-hydroxylation sites is 1.